The molecule has 0 fully saturated rings. The second-order valence-electron chi connectivity index (χ2n) is 5.41. The van der Waals surface area contributed by atoms with Crippen molar-refractivity contribution in [1.82, 2.24) is 0 Å². The Morgan fingerprint density at radius 2 is 1.80 bits per heavy atom. The van der Waals surface area contributed by atoms with Gasteiger partial charge < -0.3 is 9.50 Å². The van der Waals surface area contributed by atoms with E-state index in [0.29, 0.717) is 27.0 Å². The highest BCUT2D eigenvalue weighted by Crippen LogP contribution is 2.38. The highest BCUT2D eigenvalue weighted by molar-refractivity contribution is 7.87. The zero-order valence-electron chi connectivity index (χ0n) is 12.4. The van der Waals surface area contributed by atoms with Crippen LogP contribution < -0.4 is 9.50 Å². The summed E-state index contributed by atoms with van der Waals surface area (Å²) in [5.74, 6) is -0.333. The van der Waals surface area contributed by atoms with E-state index >= 15 is 0 Å². The number of amides is 1. The molecule has 4 rings (SSSR count). The molecule has 3 aromatic carbocycles. The van der Waals surface area contributed by atoms with Gasteiger partial charge in [0.2, 0.25) is 0 Å². The number of carbonyl (C=O) groups is 1. The quantitative estimate of drug-likeness (QED) is 0.665. The molecule has 1 N–H and O–H groups in total. The lowest BCUT2D eigenvalue weighted by Gasteiger charge is -2.11. The van der Waals surface area contributed by atoms with E-state index in [1.165, 1.54) is 30.3 Å². The molecule has 126 valence electrons. The Labute approximate surface area is 153 Å². The average Bonchev–Trinajstić information content (AvgIpc) is 2.89. The van der Waals surface area contributed by atoms with Crippen LogP contribution in [-0.2, 0) is 10.1 Å². The van der Waals surface area contributed by atoms with Crippen LogP contribution in [0.15, 0.2) is 53.4 Å². The van der Waals surface area contributed by atoms with Gasteiger partial charge in [-0.05, 0) is 30.3 Å². The first-order valence-corrected chi connectivity index (χ1v) is 9.30. The van der Waals surface area contributed by atoms with Crippen molar-refractivity contribution in [2.24, 2.45) is 0 Å². The fourth-order valence-electron chi connectivity index (χ4n) is 2.79. The monoisotopic (exact) mass is 393 g/mol. The summed E-state index contributed by atoms with van der Waals surface area (Å²) >= 11 is 11.9. The Kier molecular flexibility index (Phi) is 3.64. The van der Waals surface area contributed by atoms with E-state index in [1.54, 1.807) is 18.2 Å². The van der Waals surface area contributed by atoms with Gasteiger partial charge in [-0.3, -0.25) is 4.79 Å². The van der Waals surface area contributed by atoms with E-state index in [0.717, 1.165) is 0 Å². The molecule has 1 aliphatic rings. The molecule has 0 saturated heterocycles. The van der Waals surface area contributed by atoms with Crippen LogP contribution in [0, 0.1) is 0 Å². The van der Waals surface area contributed by atoms with Crippen LogP contribution in [0.5, 0.6) is 5.75 Å². The second kappa shape index (κ2) is 5.62. The molecule has 0 aliphatic carbocycles. The van der Waals surface area contributed by atoms with Gasteiger partial charge in [0.05, 0.1) is 5.02 Å². The van der Waals surface area contributed by atoms with Gasteiger partial charge in [0.15, 0.2) is 5.75 Å². The normalized spacial score (nSPS) is 13.1. The Bertz CT molecular complexity index is 1160. The van der Waals surface area contributed by atoms with Crippen LogP contribution in [0.1, 0.15) is 10.4 Å². The van der Waals surface area contributed by atoms with Gasteiger partial charge in [-0.25, -0.2) is 0 Å². The Balaban J connectivity index is 1.89. The third-order valence-corrected chi connectivity index (χ3v) is 5.70. The number of hydrogen-bond donors (Lipinski definition) is 1. The maximum Gasteiger partial charge on any atom is 0.339 e. The van der Waals surface area contributed by atoms with Crippen LogP contribution in [0.2, 0.25) is 10.0 Å². The first-order valence-electron chi connectivity index (χ1n) is 7.13. The SMILES string of the molecule is O=C1Nc2ccc(S(=O)(=O)Oc3cc(Cl)ccc3Cl)c3cccc1c23. The number of rotatable bonds is 3. The van der Waals surface area contributed by atoms with Gasteiger partial charge >= 0.3 is 10.1 Å². The molecule has 0 bridgehead atoms. The van der Waals surface area contributed by atoms with E-state index in [4.69, 9.17) is 27.4 Å². The van der Waals surface area contributed by atoms with E-state index in [9.17, 15) is 13.2 Å². The van der Waals surface area contributed by atoms with Gasteiger partial charge in [-0.1, -0.05) is 35.3 Å². The average molecular weight is 394 g/mol. The number of hydrogen-bond acceptors (Lipinski definition) is 4. The molecule has 1 amide bonds. The minimum absolute atomic E-state index is 0.0550. The predicted molar refractivity (Wildman–Crippen MR) is 96.2 cm³/mol. The Morgan fingerprint density at radius 3 is 2.60 bits per heavy atom. The van der Waals surface area contributed by atoms with Crippen molar-refractivity contribution in [1.29, 1.82) is 0 Å². The van der Waals surface area contributed by atoms with E-state index < -0.39 is 10.1 Å². The zero-order chi connectivity index (χ0) is 17.8. The molecular formula is C17H9Cl2NO4S. The smallest absolute Gasteiger partial charge is 0.339 e. The van der Waals surface area contributed by atoms with Crippen molar-refractivity contribution in [2.75, 3.05) is 5.32 Å². The summed E-state index contributed by atoms with van der Waals surface area (Å²) in [4.78, 5) is 11.9. The molecule has 1 heterocycles. The molecule has 0 saturated carbocycles. The van der Waals surface area contributed by atoms with Crippen LogP contribution in [0.3, 0.4) is 0 Å². The predicted octanol–water partition coefficient (Wildman–Crippen LogP) is 4.48. The zero-order valence-corrected chi connectivity index (χ0v) is 14.7. The summed E-state index contributed by atoms with van der Waals surface area (Å²) in [6.07, 6.45) is 0. The summed E-state index contributed by atoms with van der Waals surface area (Å²) in [6.45, 7) is 0. The second-order valence-corrected chi connectivity index (χ2v) is 7.76. The molecule has 3 aromatic rings. The lowest BCUT2D eigenvalue weighted by Crippen LogP contribution is -2.10. The van der Waals surface area contributed by atoms with Crippen molar-refractivity contribution in [3.63, 3.8) is 0 Å². The topological polar surface area (TPSA) is 72.5 Å². The fraction of sp³-hybridized carbons (Fsp3) is 0. The number of benzene rings is 3. The minimum atomic E-state index is -4.18. The van der Waals surface area contributed by atoms with Crippen molar-refractivity contribution < 1.29 is 17.4 Å². The summed E-state index contributed by atoms with van der Waals surface area (Å²) in [5, 5.41) is 4.07. The Hall–Kier alpha value is -2.28. The molecule has 1 aliphatic heterocycles. The van der Waals surface area contributed by atoms with E-state index in [1.807, 2.05) is 0 Å². The van der Waals surface area contributed by atoms with Gasteiger partial charge in [0.1, 0.15) is 4.90 Å². The molecular weight excluding hydrogens is 385 g/mol. The van der Waals surface area contributed by atoms with Crippen LogP contribution in [-0.4, -0.2) is 14.3 Å². The lowest BCUT2D eigenvalue weighted by atomic mass is 10.1. The standard InChI is InChI=1S/C17H9Cl2NO4S/c18-9-4-5-12(19)14(8-9)24-25(22,23)15-7-6-13-16-10(15)2-1-3-11(16)17(21)20-13/h1-8H,(H,20,21). The molecule has 8 heteroatoms. The van der Waals surface area contributed by atoms with Crippen molar-refractivity contribution in [3.8, 4) is 5.75 Å². The summed E-state index contributed by atoms with van der Waals surface area (Å²) in [5.41, 5.74) is 0.987. The summed E-state index contributed by atoms with van der Waals surface area (Å²) < 4.78 is 30.7. The van der Waals surface area contributed by atoms with Gasteiger partial charge in [0, 0.05) is 33.1 Å². The maximum absolute atomic E-state index is 12.8. The van der Waals surface area contributed by atoms with Crippen LogP contribution in [0.4, 0.5) is 5.69 Å². The molecule has 0 atom stereocenters. The largest absolute Gasteiger partial charge is 0.377 e. The Morgan fingerprint density at radius 1 is 1.00 bits per heavy atom. The highest BCUT2D eigenvalue weighted by atomic mass is 35.5. The van der Waals surface area contributed by atoms with Crippen LogP contribution in [0.25, 0.3) is 10.8 Å². The first-order chi connectivity index (χ1) is 11.9. The van der Waals surface area contributed by atoms with Crippen LogP contribution >= 0.6 is 23.2 Å². The first kappa shape index (κ1) is 16.2. The molecule has 25 heavy (non-hydrogen) atoms. The molecule has 0 radical (unpaired) electrons. The van der Waals surface area contributed by atoms with Crippen molar-refractivity contribution in [3.05, 3.63) is 64.1 Å². The van der Waals surface area contributed by atoms with E-state index in [2.05, 4.69) is 5.32 Å². The lowest BCUT2D eigenvalue weighted by molar-refractivity contribution is 0.103. The third kappa shape index (κ3) is 2.63. The number of anilines is 1. The van der Waals surface area contributed by atoms with Gasteiger partial charge in [-0.15, -0.1) is 0 Å². The van der Waals surface area contributed by atoms with Crippen molar-refractivity contribution in [2.45, 2.75) is 4.90 Å². The maximum atomic E-state index is 12.8. The van der Waals surface area contributed by atoms with Gasteiger partial charge in [-0.2, -0.15) is 8.42 Å². The highest BCUT2D eigenvalue weighted by Gasteiger charge is 2.27. The minimum Gasteiger partial charge on any atom is -0.377 e. The molecule has 0 spiro atoms. The number of halogens is 2. The number of carbonyl (C=O) groups excluding carboxylic acids is 1. The van der Waals surface area contributed by atoms with Gasteiger partial charge in [0.25, 0.3) is 5.91 Å². The molecule has 0 unspecified atom stereocenters. The summed E-state index contributed by atoms with van der Waals surface area (Å²) in [6, 6.07) is 12.1. The fourth-order valence-corrected chi connectivity index (χ4v) is 4.29. The molecule has 0 aromatic heterocycles. The molecule has 5 nitrogen and oxygen atoms in total. The number of nitrogens with one attached hydrogen (secondary N) is 1. The third-order valence-electron chi connectivity index (χ3n) is 3.86. The van der Waals surface area contributed by atoms with E-state index in [-0.39, 0.29) is 21.6 Å². The summed E-state index contributed by atoms with van der Waals surface area (Å²) in [7, 11) is -4.18. The van der Waals surface area contributed by atoms with Crippen molar-refractivity contribution >= 4 is 55.7 Å².